The molecule has 0 spiro atoms. The monoisotopic (exact) mass is 456 g/mol. The van der Waals surface area contributed by atoms with Crippen LogP contribution in [0.3, 0.4) is 0 Å². The van der Waals surface area contributed by atoms with Crippen molar-refractivity contribution in [1.82, 2.24) is 4.31 Å². The van der Waals surface area contributed by atoms with Crippen molar-refractivity contribution in [2.24, 2.45) is 0 Å². The second-order valence-electron chi connectivity index (χ2n) is 8.17. The summed E-state index contributed by atoms with van der Waals surface area (Å²) in [5, 5.41) is 3.70. The minimum Gasteiger partial charge on any atom is -0.495 e. The Balaban J connectivity index is 1.56. The number of methoxy groups -OCH3 is 1. The molecule has 0 aliphatic carbocycles. The second-order valence-corrected chi connectivity index (χ2v) is 10.1. The maximum Gasteiger partial charge on any atom is 0.243 e. The molecular weight excluding hydrogens is 428 g/mol. The number of anilines is 1. The summed E-state index contributed by atoms with van der Waals surface area (Å²) in [5.74, 6) is 0.122. The molecule has 3 aromatic rings. The predicted molar refractivity (Wildman–Crippen MR) is 124 cm³/mol. The molecule has 32 heavy (non-hydrogen) atoms. The van der Waals surface area contributed by atoms with Gasteiger partial charge in [-0.15, -0.1) is 0 Å². The van der Waals surface area contributed by atoms with Crippen molar-refractivity contribution in [2.45, 2.75) is 43.9 Å². The van der Waals surface area contributed by atoms with Gasteiger partial charge in [-0.3, -0.25) is 4.79 Å². The summed E-state index contributed by atoms with van der Waals surface area (Å²) < 4.78 is 38.8. The van der Waals surface area contributed by atoms with Crippen molar-refractivity contribution in [3.05, 3.63) is 53.8 Å². The topological polar surface area (TPSA) is 88.9 Å². The lowest BCUT2D eigenvalue weighted by Gasteiger charge is -2.21. The van der Waals surface area contributed by atoms with E-state index in [-0.39, 0.29) is 17.2 Å². The van der Waals surface area contributed by atoms with Crippen molar-refractivity contribution in [1.29, 1.82) is 0 Å². The average Bonchev–Trinajstić information content (AvgIpc) is 2.97. The van der Waals surface area contributed by atoms with Crippen molar-refractivity contribution < 1.29 is 22.4 Å². The molecule has 2 aromatic carbocycles. The first-order valence-corrected chi connectivity index (χ1v) is 12.3. The van der Waals surface area contributed by atoms with Crippen LogP contribution < -0.4 is 10.1 Å². The largest absolute Gasteiger partial charge is 0.495 e. The fourth-order valence-corrected chi connectivity index (χ4v) is 5.61. The van der Waals surface area contributed by atoms with Crippen LogP contribution in [0.25, 0.3) is 11.0 Å². The molecule has 0 bridgehead atoms. The van der Waals surface area contributed by atoms with E-state index in [1.165, 1.54) is 23.5 Å². The molecule has 1 N–H and O–H groups in total. The summed E-state index contributed by atoms with van der Waals surface area (Å²) in [4.78, 5) is 13.0. The van der Waals surface area contributed by atoms with E-state index in [4.69, 9.17) is 9.15 Å². The molecule has 2 heterocycles. The van der Waals surface area contributed by atoms with Gasteiger partial charge in [-0.05, 0) is 49.6 Å². The predicted octanol–water partition coefficient (Wildman–Crippen LogP) is 4.50. The summed E-state index contributed by atoms with van der Waals surface area (Å²) in [6.07, 6.45) is 5.48. The highest BCUT2D eigenvalue weighted by Gasteiger charge is 2.26. The Hall–Kier alpha value is -2.84. The number of nitrogens with one attached hydrogen (secondary N) is 1. The van der Waals surface area contributed by atoms with Crippen LogP contribution in [-0.2, 0) is 21.2 Å². The van der Waals surface area contributed by atoms with E-state index < -0.39 is 10.0 Å². The molecule has 170 valence electrons. The summed E-state index contributed by atoms with van der Waals surface area (Å²) in [6, 6.07) is 10.4. The number of furan rings is 1. The molecule has 1 saturated heterocycles. The van der Waals surface area contributed by atoms with E-state index in [0.717, 1.165) is 47.8 Å². The van der Waals surface area contributed by atoms with E-state index in [0.29, 0.717) is 24.5 Å². The van der Waals surface area contributed by atoms with Crippen LogP contribution >= 0.6 is 0 Å². The Morgan fingerprint density at radius 1 is 1.09 bits per heavy atom. The Morgan fingerprint density at radius 2 is 1.84 bits per heavy atom. The van der Waals surface area contributed by atoms with E-state index >= 15 is 0 Å². The third-order valence-electron chi connectivity index (χ3n) is 5.81. The Bertz CT molecular complexity index is 1220. The van der Waals surface area contributed by atoms with Gasteiger partial charge in [0.15, 0.2) is 0 Å². The zero-order valence-corrected chi connectivity index (χ0v) is 19.2. The first kappa shape index (κ1) is 22.4. The zero-order chi connectivity index (χ0) is 22.7. The lowest BCUT2D eigenvalue weighted by Crippen LogP contribution is -2.32. The average molecular weight is 457 g/mol. The fraction of sp³-hybridized carbons (Fsp3) is 0.375. The number of sulfonamides is 1. The van der Waals surface area contributed by atoms with Gasteiger partial charge in [0.25, 0.3) is 0 Å². The van der Waals surface area contributed by atoms with Crippen LogP contribution in [0.5, 0.6) is 5.75 Å². The SMILES string of the molecule is COc1ccc(S(=O)(=O)N2CCCCCC2)cc1NC(=O)Cc1coc2cc(C)ccc12. The minimum absolute atomic E-state index is 0.0995. The molecular formula is C24H28N2O5S. The summed E-state index contributed by atoms with van der Waals surface area (Å²) in [7, 11) is -2.15. The highest BCUT2D eigenvalue weighted by molar-refractivity contribution is 7.89. The Labute approximate surface area is 188 Å². The number of nitrogens with zero attached hydrogens (tertiary/aromatic N) is 1. The molecule has 4 rings (SSSR count). The highest BCUT2D eigenvalue weighted by Crippen LogP contribution is 2.30. The number of carbonyl (C=O) groups is 1. The van der Waals surface area contributed by atoms with Crippen LogP contribution in [0.4, 0.5) is 5.69 Å². The lowest BCUT2D eigenvalue weighted by molar-refractivity contribution is -0.115. The summed E-state index contributed by atoms with van der Waals surface area (Å²) in [5.41, 5.74) is 2.91. The van der Waals surface area contributed by atoms with Gasteiger partial charge in [-0.1, -0.05) is 25.0 Å². The van der Waals surface area contributed by atoms with Gasteiger partial charge in [-0.2, -0.15) is 4.31 Å². The Morgan fingerprint density at radius 3 is 2.56 bits per heavy atom. The maximum absolute atomic E-state index is 13.2. The van der Waals surface area contributed by atoms with Crippen molar-refractivity contribution in [3.63, 3.8) is 0 Å². The first-order valence-electron chi connectivity index (χ1n) is 10.8. The number of hydrogen-bond donors (Lipinski definition) is 1. The van der Waals surface area contributed by atoms with E-state index in [9.17, 15) is 13.2 Å². The van der Waals surface area contributed by atoms with Crippen molar-refractivity contribution in [2.75, 3.05) is 25.5 Å². The number of aryl methyl sites for hydroxylation is 1. The number of benzene rings is 2. The van der Waals surface area contributed by atoms with Crippen LogP contribution in [-0.4, -0.2) is 38.8 Å². The Kier molecular flexibility index (Phi) is 6.53. The van der Waals surface area contributed by atoms with Crippen LogP contribution in [0, 0.1) is 6.92 Å². The third kappa shape index (κ3) is 4.66. The lowest BCUT2D eigenvalue weighted by atomic mass is 10.1. The maximum atomic E-state index is 13.2. The quantitative estimate of drug-likeness (QED) is 0.590. The molecule has 0 saturated carbocycles. The number of carbonyl (C=O) groups excluding carboxylic acids is 1. The van der Waals surface area contributed by atoms with Gasteiger partial charge in [0.1, 0.15) is 11.3 Å². The molecule has 1 aliphatic heterocycles. The minimum atomic E-state index is -3.64. The van der Waals surface area contributed by atoms with Gasteiger partial charge in [0, 0.05) is 24.0 Å². The third-order valence-corrected chi connectivity index (χ3v) is 7.70. The van der Waals surface area contributed by atoms with Gasteiger partial charge in [0.05, 0.1) is 30.4 Å². The molecule has 1 amide bonds. The van der Waals surface area contributed by atoms with Gasteiger partial charge in [0.2, 0.25) is 15.9 Å². The number of ether oxygens (including phenoxy) is 1. The van der Waals surface area contributed by atoms with Gasteiger partial charge >= 0.3 is 0 Å². The smallest absolute Gasteiger partial charge is 0.243 e. The number of hydrogen-bond acceptors (Lipinski definition) is 5. The molecule has 1 aliphatic rings. The highest BCUT2D eigenvalue weighted by atomic mass is 32.2. The van der Waals surface area contributed by atoms with Gasteiger partial charge < -0.3 is 14.5 Å². The normalized spacial score (nSPS) is 15.4. The van der Waals surface area contributed by atoms with E-state index in [2.05, 4.69) is 5.32 Å². The van der Waals surface area contributed by atoms with E-state index in [1.54, 1.807) is 12.3 Å². The van der Waals surface area contributed by atoms with Crippen molar-refractivity contribution in [3.8, 4) is 5.75 Å². The first-order chi connectivity index (χ1) is 15.4. The summed E-state index contributed by atoms with van der Waals surface area (Å²) >= 11 is 0. The zero-order valence-electron chi connectivity index (χ0n) is 18.4. The van der Waals surface area contributed by atoms with Gasteiger partial charge in [-0.25, -0.2) is 8.42 Å². The number of rotatable bonds is 6. The number of fused-ring (bicyclic) bond motifs is 1. The fourth-order valence-electron chi connectivity index (χ4n) is 4.07. The van der Waals surface area contributed by atoms with Crippen LogP contribution in [0.15, 0.2) is 52.0 Å². The second kappa shape index (κ2) is 9.34. The van der Waals surface area contributed by atoms with Crippen molar-refractivity contribution >= 4 is 32.6 Å². The van der Waals surface area contributed by atoms with Crippen LogP contribution in [0.2, 0.25) is 0 Å². The molecule has 1 aromatic heterocycles. The molecule has 0 atom stereocenters. The standard InChI is InChI=1S/C24H28N2O5S/c1-17-7-9-20-18(16-31-23(20)13-17)14-24(27)25-21-15-19(8-10-22(21)30-2)32(28,29)26-11-5-3-4-6-12-26/h7-10,13,15-16H,3-6,11-12,14H2,1-2H3,(H,25,27). The molecule has 0 unspecified atom stereocenters. The number of amides is 1. The van der Waals surface area contributed by atoms with E-state index in [1.807, 2.05) is 25.1 Å². The van der Waals surface area contributed by atoms with Crippen LogP contribution in [0.1, 0.15) is 36.8 Å². The molecule has 8 heteroatoms. The molecule has 1 fully saturated rings. The molecule has 0 radical (unpaired) electrons. The molecule has 7 nitrogen and oxygen atoms in total. The summed E-state index contributed by atoms with van der Waals surface area (Å²) in [6.45, 7) is 3.01.